The van der Waals surface area contributed by atoms with Crippen LogP contribution in [0.25, 0.3) is 0 Å². The summed E-state index contributed by atoms with van der Waals surface area (Å²) in [5.74, 6) is -0.128. The van der Waals surface area contributed by atoms with Gasteiger partial charge in [-0.3, -0.25) is 4.79 Å². The number of amides is 1. The highest BCUT2D eigenvalue weighted by molar-refractivity contribution is 7.09. The summed E-state index contributed by atoms with van der Waals surface area (Å²) < 4.78 is 10.6. The Morgan fingerprint density at radius 1 is 1.43 bits per heavy atom. The third-order valence-electron chi connectivity index (χ3n) is 2.81. The van der Waals surface area contributed by atoms with Crippen LogP contribution >= 0.6 is 11.3 Å². The average molecular weight is 314 g/mol. The van der Waals surface area contributed by atoms with E-state index in [4.69, 9.17) is 9.47 Å². The van der Waals surface area contributed by atoms with Crippen molar-refractivity contribution in [1.29, 1.82) is 0 Å². The van der Waals surface area contributed by atoms with Gasteiger partial charge in [0.1, 0.15) is 6.10 Å². The third kappa shape index (κ3) is 6.54. The van der Waals surface area contributed by atoms with E-state index in [1.807, 2.05) is 12.3 Å². The van der Waals surface area contributed by atoms with E-state index in [9.17, 15) is 4.79 Å². The van der Waals surface area contributed by atoms with Gasteiger partial charge in [0.25, 0.3) is 0 Å². The Kier molecular flexibility index (Phi) is 7.28. The van der Waals surface area contributed by atoms with Gasteiger partial charge < -0.3 is 14.8 Å². The summed E-state index contributed by atoms with van der Waals surface area (Å²) in [5, 5.41) is 5.91. The van der Waals surface area contributed by atoms with E-state index in [-0.39, 0.29) is 11.3 Å². The Balaban J connectivity index is 2.33. The van der Waals surface area contributed by atoms with Crippen LogP contribution in [0, 0.1) is 0 Å². The van der Waals surface area contributed by atoms with Crippen molar-refractivity contribution in [3.63, 3.8) is 0 Å². The summed E-state index contributed by atoms with van der Waals surface area (Å²) in [6.07, 6.45) is -0.480. The van der Waals surface area contributed by atoms with Crippen LogP contribution in [0.2, 0.25) is 0 Å². The van der Waals surface area contributed by atoms with Crippen molar-refractivity contribution >= 4 is 17.2 Å². The van der Waals surface area contributed by atoms with Crippen molar-refractivity contribution < 1.29 is 14.3 Å². The number of hydrogen-bond acceptors (Lipinski definition) is 5. The van der Waals surface area contributed by atoms with Crippen LogP contribution in [-0.2, 0) is 26.2 Å². The summed E-state index contributed by atoms with van der Waals surface area (Å²) in [4.78, 5) is 16.4. The van der Waals surface area contributed by atoms with Crippen LogP contribution in [0.4, 0.5) is 0 Å². The van der Waals surface area contributed by atoms with Gasteiger partial charge in [-0.2, -0.15) is 0 Å². The molecule has 1 N–H and O–H groups in total. The zero-order valence-corrected chi connectivity index (χ0v) is 14.4. The SMILES string of the molecule is CCOCCO[C@H](C)C(=O)NCc1csc(C(C)(C)C)n1. The fraction of sp³-hybridized carbons (Fsp3) is 0.733. The van der Waals surface area contributed by atoms with Crippen LogP contribution in [-0.4, -0.2) is 36.8 Å². The normalized spacial score (nSPS) is 13.2. The molecule has 0 radical (unpaired) electrons. The number of ether oxygens (including phenoxy) is 2. The highest BCUT2D eigenvalue weighted by atomic mass is 32.1. The lowest BCUT2D eigenvalue weighted by Gasteiger charge is -2.14. The molecular formula is C15H26N2O3S. The Hall–Kier alpha value is -0.980. The Morgan fingerprint density at radius 2 is 2.14 bits per heavy atom. The number of aromatic nitrogens is 1. The van der Waals surface area contributed by atoms with Gasteiger partial charge in [0, 0.05) is 17.4 Å². The molecule has 0 aliphatic rings. The lowest BCUT2D eigenvalue weighted by Crippen LogP contribution is -2.34. The molecule has 0 spiro atoms. The molecule has 0 aromatic carbocycles. The molecule has 0 saturated carbocycles. The number of rotatable bonds is 8. The lowest BCUT2D eigenvalue weighted by molar-refractivity contribution is -0.132. The first-order valence-corrected chi connectivity index (χ1v) is 8.14. The van der Waals surface area contributed by atoms with E-state index < -0.39 is 6.10 Å². The van der Waals surface area contributed by atoms with E-state index >= 15 is 0 Å². The smallest absolute Gasteiger partial charge is 0.249 e. The number of nitrogens with zero attached hydrogens (tertiary/aromatic N) is 1. The molecule has 1 heterocycles. The second kappa shape index (κ2) is 8.46. The van der Waals surface area contributed by atoms with Crippen LogP contribution in [0.15, 0.2) is 5.38 Å². The fourth-order valence-electron chi connectivity index (χ4n) is 1.56. The topological polar surface area (TPSA) is 60.5 Å². The zero-order valence-electron chi connectivity index (χ0n) is 13.6. The third-order valence-corrected chi connectivity index (χ3v) is 4.12. The largest absolute Gasteiger partial charge is 0.379 e. The van der Waals surface area contributed by atoms with E-state index in [0.29, 0.717) is 26.4 Å². The Labute approximate surface area is 131 Å². The van der Waals surface area contributed by atoms with E-state index in [0.717, 1.165) is 10.7 Å². The van der Waals surface area contributed by atoms with Crippen molar-refractivity contribution in [1.82, 2.24) is 10.3 Å². The van der Waals surface area contributed by atoms with E-state index in [1.165, 1.54) is 0 Å². The first-order valence-electron chi connectivity index (χ1n) is 7.26. The number of carbonyl (C=O) groups excluding carboxylic acids is 1. The predicted octanol–water partition coefficient (Wildman–Crippen LogP) is 2.50. The fourth-order valence-corrected chi connectivity index (χ4v) is 2.47. The summed E-state index contributed by atoms with van der Waals surface area (Å²) in [6.45, 7) is 12.1. The minimum atomic E-state index is -0.480. The highest BCUT2D eigenvalue weighted by Gasteiger charge is 2.18. The van der Waals surface area contributed by atoms with Gasteiger partial charge in [0.05, 0.1) is 30.5 Å². The molecule has 0 fully saturated rings. The van der Waals surface area contributed by atoms with Crippen LogP contribution < -0.4 is 5.32 Å². The molecule has 0 bridgehead atoms. The molecule has 5 nitrogen and oxygen atoms in total. The van der Waals surface area contributed by atoms with Crippen LogP contribution in [0.3, 0.4) is 0 Å². The Morgan fingerprint density at radius 3 is 2.71 bits per heavy atom. The first-order chi connectivity index (χ1) is 9.84. The molecule has 1 aromatic heterocycles. The van der Waals surface area contributed by atoms with Gasteiger partial charge in [0.15, 0.2) is 0 Å². The second-order valence-electron chi connectivity index (χ2n) is 5.82. The molecule has 0 unspecified atom stereocenters. The maximum Gasteiger partial charge on any atom is 0.249 e. The molecule has 0 aliphatic carbocycles. The molecule has 120 valence electrons. The number of hydrogen-bond donors (Lipinski definition) is 1. The standard InChI is InChI=1S/C15H26N2O3S/c1-6-19-7-8-20-11(2)13(18)16-9-12-10-21-14(17-12)15(3,4)5/h10-11H,6-9H2,1-5H3,(H,16,18)/t11-/m1/s1. The zero-order chi connectivity index (χ0) is 15.9. The molecule has 6 heteroatoms. The van der Waals surface area contributed by atoms with Gasteiger partial charge in [-0.25, -0.2) is 4.98 Å². The second-order valence-corrected chi connectivity index (χ2v) is 6.68. The molecule has 1 rings (SSSR count). The monoisotopic (exact) mass is 314 g/mol. The average Bonchev–Trinajstić information content (AvgIpc) is 2.89. The van der Waals surface area contributed by atoms with Crippen molar-refractivity contribution in [2.45, 2.75) is 52.7 Å². The molecule has 21 heavy (non-hydrogen) atoms. The molecule has 0 saturated heterocycles. The molecule has 1 atom stereocenters. The predicted molar refractivity (Wildman–Crippen MR) is 84.6 cm³/mol. The van der Waals surface area contributed by atoms with Crippen molar-refractivity contribution in [2.75, 3.05) is 19.8 Å². The summed E-state index contributed by atoms with van der Waals surface area (Å²) in [6, 6.07) is 0. The maximum absolute atomic E-state index is 11.9. The summed E-state index contributed by atoms with van der Waals surface area (Å²) >= 11 is 1.63. The maximum atomic E-state index is 11.9. The van der Waals surface area contributed by atoms with Gasteiger partial charge in [-0.1, -0.05) is 20.8 Å². The Bertz CT molecular complexity index is 440. The minimum absolute atomic E-state index is 0.0443. The van der Waals surface area contributed by atoms with Crippen molar-refractivity contribution in [2.24, 2.45) is 0 Å². The molecule has 1 amide bonds. The van der Waals surface area contributed by atoms with Gasteiger partial charge in [-0.05, 0) is 13.8 Å². The van der Waals surface area contributed by atoms with Crippen molar-refractivity contribution in [3.8, 4) is 0 Å². The van der Waals surface area contributed by atoms with Crippen LogP contribution in [0.5, 0.6) is 0 Å². The first kappa shape index (κ1) is 18.1. The quantitative estimate of drug-likeness (QED) is 0.749. The highest BCUT2D eigenvalue weighted by Crippen LogP contribution is 2.25. The number of nitrogens with one attached hydrogen (secondary N) is 1. The van der Waals surface area contributed by atoms with Gasteiger partial charge in [0.2, 0.25) is 5.91 Å². The van der Waals surface area contributed by atoms with Crippen LogP contribution in [0.1, 0.15) is 45.3 Å². The minimum Gasteiger partial charge on any atom is -0.379 e. The number of carbonyl (C=O) groups is 1. The van der Waals surface area contributed by atoms with E-state index in [1.54, 1.807) is 18.3 Å². The van der Waals surface area contributed by atoms with E-state index in [2.05, 4.69) is 31.1 Å². The van der Waals surface area contributed by atoms with Crippen molar-refractivity contribution in [3.05, 3.63) is 16.1 Å². The van der Waals surface area contributed by atoms with Gasteiger partial charge in [-0.15, -0.1) is 11.3 Å². The summed E-state index contributed by atoms with van der Waals surface area (Å²) in [5.41, 5.74) is 0.933. The molecular weight excluding hydrogens is 288 g/mol. The summed E-state index contributed by atoms with van der Waals surface area (Å²) in [7, 11) is 0. The molecule has 0 aliphatic heterocycles. The molecule has 1 aromatic rings. The lowest BCUT2D eigenvalue weighted by atomic mass is 9.98. The van der Waals surface area contributed by atoms with Gasteiger partial charge >= 0.3 is 0 Å². The number of thiazole rings is 1.